The van der Waals surface area contributed by atoms with Crippen molar-refractivity contribution in [2.45, 2.75) is 46.2 Å². The van der Waals surface area contributed by atoms with Crippen LogP contribution in [0.5, 0.6) is 0 Å². The highest BCUT2D eigenvalue weighted by Gasteiger charge is 2.27. The van der Waals surface area contributed by atoms with Crippen LogP contribution in [0.3, 0.4) is 0 Å². The van der Waals surface area contributed by atoms with Gasteiger partial charge in [0.2, 0.25) is 0 Å². The number of rotatable bonds is 3. The SMILES string of the molecule is CCC1CN(c2ccnc(C)c2)CCN1C(C)C. The first kappa shape index (κ1) is 13.3. The molecule has 2 rings (SSSR count). The summed E-state index contributed by atoms with van der Waals surface area (Å²) in [7, 11) is 0. The molecule has 0 N–H and O–H groups in total. The van der Waals surface area contributed by atoms with Crippen LogP contribution in [0.25, 0.3) is 0 Å². The zero-order valence-corrected chi connectivity index (χ0v) is 12.1. The Hall–Kier alpha value is -1.09. The topological polar surface area (TPSA) is 19.4 Å². The zero-order valence-electron chi connectivity index (χ0n) is 12.1. The zero-order chi connectivity index (χ0) is 13.1. The van der Waals surface area contributed by atoms with Gasteiger partial charge in [0.05, 0.1) is 0 Å². The molecule has 0 amide bonds. The summed E-state index contributed by atoms with van der Waals surface area (Å²) < 4.78 is 0. The summed E-state index contributed by atoms with van der Waals surface area (Å²) in [5.74, 6) is 0. The van der Waals surface area contributed by atoms with E-state index in [0.29, 0.717) is 12.1 Å². The maximum atomic E-state index is 4.28. The van der Waals surface area contributed by atoms with Crippen LogP contribution in [-0.2, 0) is 0 Å². The third kappa shape index (κ3) is 2.83. The van der Waals surface area contributed by atoms with Gasteiger partial charge in [-0.3, -0.25) is 9.88 Å². The number of hydrogen-bond acceptors (Lipinski definition) is 3. The second-order valence-electron chi connectivity index (χ2n) is 5.50. The fourth-order valence-electron chi connectivity index (χ4n) is 2.87. The molecule has 0 aromatic carbocycles. The van der Waals surface area contributed by atoms with Crippen molar-refractivity contribution in [3.05, 3.63) is 24.0 Å². The van der Waals surface area contributed by atoms with Crippen molar-refractivity contribution in [2.24, 2.45) is 0 Å². The second-order valence-corrected chi connectivity index (χ2v) is 5.50. The van der Waals surface area contributed by atoms with Crippen molar-refractivity contribution in [2.75, 3.05) is 24.5 Å². The van der Waals surface area contributed by atoms with E-state index in [-0.39, 0.29) is 0 Å². The number of nitrogens with zero attached hydrogens (tertiary/aromatic N) is 3. The van der Waals surface area contributed by atoms with Crippen molar-refractivity contribution in [1.82, 2.24) is 9.88 Å². The average molecular weight is 247 g/mol. The Morgan fingerprint density at radius 1 is 1.39 bits per heavy atom. The van der Waals surface area contributed by atoms with E-state index in [4.69, 9.17) is 0 Å². The summed E-state index contributed by atoms with van der Waals surface area (Å²) in [5, 5.41) is 0. The van der Waals surface area contributed by atoms with Gasteiger partial charge in [0.25, 0.3) is 0 Å². The van der Waals surface area contributed by atoms with Crippen molar-refractivity contribution in [3.63, 3.8) is 0 Å². The number of piperazine rings is 1. The van der Waals surface area contributed by atoms with E-state index >= 15 is 0 Å². The van der Waals surface area contributed by atoms with Gasteiger partial charge in [-0.1, -0.05) is 6.92 Å². The standard InChI is InChI=1S/C15H25N3/c1-5-14-11-17(8-9-18(14)12(2)3)15-6-7-16-13(4)10-15/h6-7,10,12,14H,5,8-9,11H2,1-4H3. The lowest BCUT2D eigenvalue weighted by atomic mass is 10.1. The lowest BCUT2D eigenvalue weighted by molar-refractivity contribution is 0.133. The smallest absolute Gasteiger partial charge is 0.0400 e. The van der Waals surface area contributed by atoms with E-state index < -0.39 is 0 Å². The summed E-state index contributed by atoms with van der Waals surface area (Å²) in [5.41, 5.74) is 2.43. The lowest BCUT2D eigenvalue weighted by Gasteiger charge is -2.44. The molecule has 1 unspecified atom stereocenters. The third-order valence-corrected chi connectivity index (χ3v) is 3.91. The summed E-state index contributed by atoms with van der Waals surface area (Å²) in [6, 6.07) is 5.64. The molecule has 0 saturated carbocycles. The van der Waals surface area contributed by atoms with Gasteiger partial charge in [-0.2, -0.15) is 0 Å². The van der Waals surface area contributed by atoms with Crippen LogP contribution in [0, 0.1) is 6.92 Å². The Morgan fingerprint density at radius 3 is 2.78 bits per heavy atom. The molecule has 0 spiro atoms. The molecule has 1 aromatic rings. The van der Waals surface area contributed by atoms with Crippen LogP contribution in [0.2, 0.25) is 0 Å². The van der Waals surface area contributed by atoms with Crippen LogP contribution in [0.1, 0.15) is 32.9 Å². The molecule has 3 nitrogen and oxygen atoms in total. The minimum absolute atomic E-state index is 0.649. The summed E-state index contributed by atoms with van der Waals surface area (Å²) in [6.07, 6.45) is 3.14. The van der Waals surface area contributed by atoms with E-state index in [9.17, 15) is 0 Å². The molecular formula is C15H25N3. The maximum Gasteiger partial charge on any atom is 0.0400 e. The van der Waals surface area contributed by atoms with Crippen molar-refractivity contribution in [1.29, 1.82) is 0 Å². The normalized spacial score (nSPS) is 21.6. The molecule has 1 aliphatic rings. The number of pyridine rings is 1. The fraction of sp³-hybridized carbons (Fsp3) is 0.667. The van der Waals surface area contributed by atoms with Crippen LogP contribution < -0.4 is 4.90 Å². The maximum absolute atomic E-state index is 4.28. The Labute approximate surface area is 111 Å². The van der Waals surface area contributed by atoms with Gasteiger partial charge in [-0.05, 0) is 39.3 Å². The molecule has 1 aromatic heterocycles. The summed E-state index contributed by atoms with van der Waals surface area (Å²) in [4.78, 5) is 9.41. The van der Waals surface area contributed by atoms with Gasteiger partial charge in [0, 0.05) is 49.3 Å². The van der Waals surface area contributed by atoms with Crippen LogP contribution in [0.15, 0.2) is 18.3 Å². The second kappa shape index (κ2) is 5.70. The van der Waals surface area contributed by atoms with Crippen LogP contribution in [-0.4, -0.2) is 41.6 Å². The van der Waals surface area contributed by atoms with Gasteiger partial charge in [-0.15, -0.1) is 0 Å². The molecular weight excluding hydrogens is 222 g/mol. The van der Waals surface area contributed by atoms with Crippen molar-refractivity contribution in [3.8, 4) is 0 Å². The van der Waals surface area contributed by atoms with E-state index in [2.05, 4.69) is 54.6 Å². The summed E-state index contributed by atoms with van der Waals surface area (Å²) >= 11 is 0. The van der Waals surface area contributed by atoms with Gasteiger partial charge in [0.15, 0.2) is 0 Å². The van der Waals surface area contributed by atoms with Crippen molar-refractivity contribution < 1.29 is 0 Å². The van der Waals surface area contributed by atoms with E-state index in [0.717, 1.165) is 25.3 Å². The molecule has 0 radical (unpaired) electrons. The molecule has 18 heavy (non-hydrogen) atoms. The van der Waals surface area contributed by atoms with Gasteiger partial charge >= 0.3 is 0 Å². The first-order valence-electron chi connectivity index (χ1n) is 7.05. The molecule has 1 saturated heterocycles. The highest BCUT2D eigenvalue weighted by atomic mass is 15.3. The minimum Gasteiger partial charge on any atom is -0.369 e. The highest BCUT2D eigenvalue weighted by molar-refractivity contribution is 5.47. The third-order valence-electron chi connectivity index (χ3n) is 3.91. The number of aryl methyl sites for hydroxylation is 1. The quantitative estimate of drug-likeness (QED) is 0.818. The summed E-state index contributed by atoms with van der Waals surface area (Å²) in [6.45, 7) is 12.4. The molecule has 0 bridgehead atoms. The largest absolute Gasteiger partial charge is 0.369 e. The monoisotopic (exact) mass is 247 g/mol. The van der Waals surface area contributed by atoms with Gasteiger partial charge in [0.1, 0.15) is 0 Å². The van der Waals surface area contributed by atoms with Gasteiger partial charge in [-0.25, -0.2) is 0 Å². The molecule has 0 aliphatic carbocycles. The fourth-order valence-corrected chi connectivity index (χ4v) is 2.87. The Balaban J connectivity index is 2.10. The Morgan fingerprint density at radius 2 is 2.17 bits per heavy atom. The lowest BCUT2D eigenvalue weighted by Crippen LogP contribution is -2.55. The molecule has 100 valence electrons. The predicted octanol–water partition coefficient (Wildman–Crippen LogP) is 2.70. The Bertz CT molecular complexity index is 389. The predicted molar refractivity (Wildman–Crippen MR) is 77.1 cm³/mol. The minimum atomic E-state index is 0.649. The average Bonchev–Trinajstić information content (AvgIpc) is 2.37. The first-order valence-corrected chi connectivity index (χ1v) is 7.05. The highest BCUT2D eigenvalue weighted by Crippen LogP contribution is 2.22. The van der Waals surface area contributed by atoms with E-state index in [1.165, 1.54) is 12.1 Å². The van der Waals surface area contributed by atoms with E-state index in [1.54, 1.807) is 0 Å². The van der Waals surface area contributed by atoms with Gasteiger partial charge < -0.3 is 4.90 Å². The Kier molecular flexibility index (Phi) is 4.23. The number of hydrogen-bond donors (Lipinski definition) is 0. The molecule has 1 atom stereocenters. The number of anilines is 1. The van der Waals surface area contributed by atoms with E-state index in [1.807, 2.05) is 6.20 Å². The molecule has 1 fully saturated rings. The first-order chi connectivity index (χ1) is 8.61. The van der Waals surface area contributed by atoms with Crippen LogP contribution in [0.4, 0.5) is 5.69 Å². The number of aromatic nitrogens is 1. The molecule has 2 heterocycles. The molecule has 3 heteroatoms. The molecule has 1 aliphatic heterocycles. The van der Waals surface area contributed by atoms with Crippen LogP contribution >= 0.6 is 0 Å². The van der Waals surface area contributed by atoms with Crippen molar-refractivity contribution >= 4 is 5.69 Å².